The van der Waals surface area contributed by atoms with E-state index in [1.165, 1.54) is 33.5 Å². The smallest absolute Gasteiger partial charge is 0.286 e. The summed E-state index contributed by atoms with van der Waals surface area (Å²) in [6.45, 7) is 12.7. The standard InChI is InChI=1S/C11H13NO.C11H16.C9H13N/c1-3-10-5-4-6-11(7-10)9(2)13-8-12;1-4-10-6-7-11(5-2)9(3)8-10;1-3-8-4-6-9(10-2)7-5-8/h4-7,9H,3H2,1-2H3;6-8H,4-5H2,1-3H3;4-7,10H,3H2,1-2H3. The van der Waals surface area contributed by atoms with Gasteiger partial charge in [-0.05, 0) is 85.0 Å². The van der Waals surface area contributed by atoms with Crippen molar-refractivity contribution < 1.29 is 4.74 Å². The van der Waals surface area contributed by atoms with E-state index in [-0.39, 0.29) is 6.10 Å². The van der Waals surface area contributed by atoms with Crippen LogP contribution in [-0.2, 0) is 30.4 Å². The first kappa shape index (κ1) is 28.8. The number of anilines is 1. The molecule has 3 aromatic carbocycles. The molecule has 0 fully saturated rings. The molecule has 0 saturated carbocycles. The molecule has 1 atom stereocenters. The van der Waals surface area contributed by atoms with E-state index < -0.39 is 0 Å². The van der Waals surface area contributed by atoms with Crippen LogP contribution in [0.1, 0.15) is 74.1 Å². The van der Waals surface area contributed by atoms with Crippen LogP contribution >= 0.6 is 0 Å². The molecule has 1 unspecified atom stereocenters. The van der Waals surface area contributed by atoms with Crippen molar-refractivity contribution in [1.82, 2.24) is 0 Å². The lowest BCUT2D eigenvalue weighted by Crippen LogP contribution is -1.95. The van der Waals surface area contributed by atoms with Crippen molar-refractivity contribution in [3.63, 3.8) is 0 Å². The fraction of sp³-hybridized carbons (Fsp3) is 0.387. The fourth-order valence-corrected chi connectivity index (χ4v) is 3.49. The molecule has 0 heterocycles. The van der Waals surface area contributed by atoms with E-state index in [2.05, 4.69) is 94.5 Å². The number of nitrogens with one attached hydrogen (secondary N) is 1. The number of nitriles is 1. The second-order valence-electron chi connectivity index (χ2n) is 8.22. The third kappa shape index (κ3) is 10.1. The zero-order valence-corrected chi connectivity index (χ0v) is 22.1. The van der Waals surface area contributed by atoms with Crippen LogP contribution < -0.4 is 5.32 Å². The summed E-state index contributed by atoms with van der Waals surface area (Å²) in [6.07, 6.45) is 5.98. The van der Waals surface area contributed by atoms with Gasteiger partial charge in [0.1, 0.15) is 6.10 Å². The first-order valence-electron chi connectivity index (χ1n) is 12.4. The highest BCUT2D eigenvalue weighted by Crippen LogP contribution is 2.17. The Labute approximate surface area is 207 Å². The Bertz CT molecular complexity index is 980. The van der Waals surface area contributed by atoms with Crippen LogP contribution in [0.4, 0.5) is 5.69 Å². The summed E-state index contributed by atoms with van der Waals surface area (Å²) < 4.78 is 4.83. The van der Waals surface area contributed by atoms with Crippen molar-refractivity contribution >= 4 is 5.69 Å². The highest BCUT2D eigenvalue weighted by atomic mass is 16.5. The molecule has 182 valence electrons. The van der Waals surface area contributed by atoms with Crippen LogP contribution in [0.5, 0.6) is 0 Å². The topological polar surface area (TPSA) is 45.0 Å². The average Bonchev–Trinajstić information content (AvgIpc) is 2.89. The van der Waals surface area contributed by atoms with Gasteiger partial charge in [0.25, 0.3) is 6.26 Å². The van der Waals surface area contributed by atoms with Gasteiger partial charge in [0.2, 0.25) is 0 Å². The minimum absolute atomic E-state index is 0.142. The maximum absolute atomic E-state index is 8.35. The molecule has 34 heavy (non-hydrogen) atoms. The number of hydrogen-bond donors (Lipinski definition) is 1. The Morgan fingerprint density at radius 3 is 1.88 bits per heavy atom. The van der Waals surface area contributed by atoms with E-state index in [9.17, 15) is 0 Å². The summed E-state index contributed by atoms with van der Waals surface area (Å²) in [4.78, 5) is 0. The molecule has 0 aliphatic carbocycles. The molecular weight excluding hydrogens is 416 g/mol. The van der Waals surface area contributed by atoms with E-state index in [1.807, 2.05) is 26.1 Å². The quantitative estimate of drug-likeness (QED) is 0.363. The monoisotopic (exact) mass is 458 g/mol. The first-order valence-corrected chi connectivity index (χ1v) is 12.4. The number of ether oxygens (including phenoxy) is 1. The Hall–Kier alpha value is -3.25. The molecule has 0 bridgehead atoms. The fourth-order valence-electron chi connectivity index (χ4n) is 3.49. The van der Waals surface area contributed by atoms with Crippen molar-refractivity contribution in [2.24, 2.45) is 0 Å². The van der Waals surface area contributed by atoms with Crippen LogP contribution in [0.25, 0.3) is 0 Å². The zero-order valence-electron chi connectivity index (χ0n) is 22.1. The van der Waals surface area contributed by atoms with Crippen LogP contribution in [0.3, 0.4) is 0 Å². The maximum atomic E-state index is 8.35. The van der Waals surface area contributed by atoms with E-state index >= 15 is 0 Å². The lowest BCUT2D eigenvalue weighted by atomic mass is 10.0. The molecule has 3 heteroatoms. The van der Waals surface area contributed by atoms with Crippen molar-refractivity contribution in [2.45, 2.75) is 73.3 Å². The summed E-state index contributed by atoms with van der Waals surface area (Å²) in [7, 11) is 1.93. The molecule has 3 aromatic rings. The Balaban J connectivity index is 0.000000257. The van der Waals surface area contributed by atoms with Gasteiger partial charge in [0, 0.05) is 12.7 Å². The minimum Gasteiger partial charge on any atom is -0.420 e. The summed E-state index contributed by atoms with van der Waals surface area (Å²) >= 11 is 0. The van der Waals surface area contributed by atoms with Gasteiger partial charge in [-0.25, -0.2) is 0 Å². The summed E-state index contributed by atoms with van der Waals surface area (Å²) in [5.74, 6) is 0. The molecule has 0 aliphatic rings. The lowest BCUT2D eigenvalue weighted by Gasteiger charge is -2.09. The minimum atomic E-state index is -0.142. The van der Waals surface area contributed by atoms with Gasteiger partial charge in [0.05, 0.1) is 0 Å². The third-order valence-corrected chi connectivity index (χ3v) is 5.91. The number of rotatable bonds is 7. The average molecular weight is 459 g/mol. The molecule has 0 spiro atoms. The highest BCUT2D eigenvalue weighted by molar-refractivity contribution is 5.43. The number of aryl methyl sites for hydroxylation is 5. The van der Waals surface area contributed by atoms with Crippen molar-refractivity contribution in [1.29, 1.82) is 5.26 Å². The zero-order chi connectivity index (χ0) is 25.3. The lowest BCUT2D eigenvalue weighted by molar-refractivity contribution is 0.182. The van der Waals surface area contributed by atoms with Gasteiger partial charge in [-0.3, -0.25) is 0 Å². The SMILES string of the molecule is CCc1ccc(CC)c(C)c1.CCc1ccc(NC)cc1.CCc1cccc(C(C)OC#N)c1. The van der Waals surface area contributed by atoms with E-state index in [0.717, 1.165) is 31.2 Å². The predicted molar refractivity (Wildman–Crippen MR) is 146 cm³/mol. The van der Waals surface area contributed by atoms with Crippen LogP contribution in [0, 0.1) is 18.4 Å². The maximum Gasteiger partial charge on any atom is 0.286 e. The molecule has 1 N–H and O–H groups in total. The largest absolute Gasteiger partial charge is 0.420 e. The predicted octanol–water partition coefficient (Wildman–Crippen LogP) is 8.22. The highest BCUT2D eigenvalue weighted by Gasteiger charge is 2.05. The molecule has 3 nitrogen and oxygen atoms in total. The van der Waals surface area contributed by atoms with E-state index in [0.29, 0.717) is 0 Å². The normalized spacial score (nSPS) is 10.5. The van der Waals surface area contributed by atoms with Crippen LogP contribution in [0.2, 0.25) is 0 Å². The van der Waals surface area contributed by atoms with Gasteiger partial charge in [0.15, 0.2) is 0 Å². The van der Waals surface area contributed by atoms with Gasteiger partial charge >= 0.3 is 0 Å². The van der Waals surface area contributed by atoms with E-state index in [1.54, 1.807) is 6.26 Å². The Kier molecular flexibility index (Phi) is 13.9. The second-order valence-corrected chi connectivity index (χ2v) is 8.22. The van der Waals surface area contributed by atoms with Crippen molar-refractivity contribution in [2.75, 3.05) is 12.4 Å². The number of hydrogen-bond acceptors (Lipinski definition) is 3. The molecule has 0 saturated heterocycles. The molecule has 0 amide bonds. The summed E-state index contributed by atoms with van der Waals surface area (Å²) in [5, 5.41) is 11.4. The molecule has 0 aromatic heterocycles. The second kappa shape index (κ2) is 16.4. The summed E-state index contributed by atoms with van der Waals surface area (Å²) in [5.41, 5.74) is 9.25. The van der Waals surface area contributed by atoms with Crippen LogP contribution in [-0.4, -0.2) is 7.05 Å². The molecule has 3 rings (SSSR count). The van der Waals surface area contributed by atoms with Crippen molar-refractivity contribution in [3.05, 3.63) is 100 Å². The van der Waals surface area contributed by atoms with Gasteiger partial charge in [-0.2, -0.15) is 5.26 Å². The van der Waals surface area contributed by atoms with Gasteiger partial charge in [-0.15, -0.1) is 0 Å². The molecule has 0 radical (unpaired) electrons. The Morgan fingerprint density at radius 1 is 0.794 bits per heavy atom. The molecular formula is C31H42N2O. The molecule has 0 aliphatic heterocycles. The van der Waals surface area contributed by atoms with E-state index in [4.69, 9.17) is 10.00 Å². The first-order chi connectivity index (χ1) is 16.4. The summed E-state index contributed by atoms with van der Waals surface area (Å²) in [6, 6.07) is 23.4. The van der Waals surface area contributed by atoms with Gasteiger partial charge < -0.3 is 10.1 Å². The van der Waals surface area contributed by atoms with Gasteiger partial charge in [-0.1, -0.05) is 82.3 Å². The third-order valence-electron chi connectivity index (χ3n) is 5.91. The number of nitrogens with zero attached hydrogens (tertiary/aromatic N) is 1. The van der Waals surface area contributed by atoms with Crippen molar-refractivity contribution in [3.8, 4) is 6.26 Å². The van der Waals surface area contributed by atoms with Crippen LogP contribution in [0.15, 0.2) is 66.7 Å². The number of benzene rings is 3. The Morgan fingerprint density at radius 2 is 1.38 bits per heavy atom.